The van der Waals surface area contributed by atoms with Crippen molar-refractivity contribution in [3.63, 3.8) is 0 Å². The van der Waals surface area contributed by atoms with Crippen LogP contribution in [0.25, 0.3) is 0 Å². The SMILES string of the molecule is CC1=C(COCC2=CCCC=C2)C=CCC1. The highest BCUT2D eigenvalue weighted by Crippen LogP contribution is 2.18. The van der Waals surface area contributed by atoms with Crippen molar-refractivity contribution in [1.29, 1.82) is 0 Å². The molecule has 0 aromatic rings. The van der Waals surface area contributed by atoms with Crippen molar-refractivity contribution >= 4 is 0 Å². The third kappa shape index (κ3) is 3.21. The third-order valence-corrected chi connectivity index (χ3v) is 3.15. The molecule has 2 aliphatic rings. The zero-order valence-electron chi connectivity index (χ0n) is 10.0. The van der Waals surface area contributed by atoms with Gasteiger partial charge in [-0.3, -0.25) is 0 Å². The molecule has 0 aromatic heterocycles. The lowest BCUT2D eigenvalue weighted by Crippen LogP contribution is -2.04. The van der Waals surface area contributed by atoms with Gasteiger partial charge in [0.1, 0.15) is 0 Å². The summed E-state index contributed by atoms with van der Waals surface area (Å²) in [5, 5.41) is 0. The van der Waals surface area contributed by atoms with Gasteiger partial charge in [-0.1, -0.05) is 36.0 Å². The van der Waals surface area contributed by atoms with Crippen LogP contribution in [0, 0.1) is 0 Å². The summed E-state index contributed by atoms with van der Waals surface area (Å²) in [6.07, 6.45) is 15.9. The van der Waals surface area contributed by atoms with Gasteiger partial charge in [-0.05, 0) is 43.8 Å². The second kappa shape index (κ2) is 5.86. The van der Waals surface area contributed by atoms with Crippen LogP contribution in [0.4, 0.5) is 0 Å². The van der Waals surface area contributed by atoms with Gasteiger partial charge < -0.3 is 4.74 Å². The second-order valence-electron chi connectivity index (χ2n) is 4.50. The quantitative estimate of drug-likeness (QED) is 0.691. The summed E-state index contributed by atoms with van der Waals surface area (Å²) in [5.41, 5.74) is 4.17. The predicted molar refractivity (Wildman–Crippen MR) is 68.4 cm³/mol. The summed E-state index contributed by atoms with van der Waals surface area (Å²) in [6, 6.07) is 0. The lowest BCUT2D eigenvalue weighted by Gasteiger charge is -2.13. The van der Waals surface area contributed by atoms with E-state index in [0.717, 1.165) is 19.6 Å². The van der Waals surface area contributed by atoms with E-state index in [1.165, 1.54) is 36.0 Å². The predicted octanol–water partition coefficient (Wildman–Crippen LogP) is 3.95. The maximum Gasteiger partial charge on any atom is 0.0720 e. The van der Waals surface area contributed by atoms with E-state index < -0.39 is 0 Å². The fourth-order valence-corrected chi connectivity index (χ4v) is 2.05. The summed E-state index contributed by atoms with van der Waals surface area (Å²) in [5.74, 6) is 0. The summed E-state index contributed by atoms with van der Waals surface area (Å²) in [6.45, 7) is 3.72. The minimum Gasteiger partial charge on any atom is -0.372 e. The molecule has 2 rings (SSSR count). The highest BCUT2D eigenvalue weighted by atomic mass is 16.5. The molecule has 16 heavy (non-hydrogen) atoms. The lowest BCUT2D eigenvalue weighted by molar-refractivity contribution is 0.183. The molecule has 0 fully saturated rings. The van der Waals surface area contributed by atoms with E-state index in [1.807, 2.05) is 0 Å². The number of rotatable bonds is 4. The molecule has 0 bridgehead atoms. The average molecular weight is 216 g/mol. The van der Waals surface area contributed by atoms with Crippen LogP contribution in [0.1, 0.15) is 32.6 Å². The van der Waals surface area contributed by atoms with E-state index in [4.69, 9.17) is 4.74 Å². The minimum absolute atomic E-state index is 0.751. The van der Waals surface area contributed by atoms with Crippen LogP contribution in [0.3, 0.4) is 0 Å². The molecule has 1 heteroatoms. The van der Waals surface area contributed by atoms with Crippen LogP contribution in [0.5, 0.6) is 0 Å². The first-order valence-electron chi connectivity index (χ1n) is 6.15. The number of hydrogen-bond acceptors (Lipinski definition) is 1. The molecule has 0 radical (unpaired) electrons. The normalized spacial score (nSPS) is 20.2. The van der Waals surface area contributed by atoms with Crippen molar-refractivity contribution in [2.24, 2.45) is 0 Å². The fraction of sp³-hybridized carbons (Fsp3) is 0.467. The highest BCUT2D eigenvalue weighted by molar-refractivity contribution is 5.29. The van der Waals surface area contributed by atoms with Gasteiger partial charge in [0.15, 0.2) is 0 Å². The van der Waals surface area contributed by atoms with Crippen LogP contribution in [0.2, 0.25) is 0 Å². The summed E-state index contributed by atoms with van der Waals surface area (Å²) < 4.78 is 5.75. The van der Waals surface area contributed by atoms with Gasteiger partial charge in [0, 0.05) is 0 Å². The second-order valence-corrected chi connectivity index (χ2v) is 4.50. The van der Waals surface area contributed by atoms with Gasteiger partial charge >= 0.3 is 0 Å². The van der Waals surface area contributed by atoms with Crippen LogP contribution >= 0.6 is 0 Å². The Morgan fingerprint density at radius 3 is 2.69 bits per heavy atom. The molecule has 0 heterocycles. The zero-order valence-corrected chi connectivity index (χ0v) is 10.0. The van der Waals surface area contributed by atoms with Crippen molar-refractivity contribution < 1.29 is 4.74 Å². The first-order valence-corrected chi connectivity index (χ1v) is 6.15. The topological polar surface area (TPSA) is 9.23 Å². The van der Waals surface area contributed by atoms with Crippen molar-refractivity contribution in [3.8, 4) is 0 Å². The molecule has 0 saturated carbocycles. The van der Waals surface area contributed by atoms with Gasteiger partial charge in [-0.2, -0.15) is 0 Å². The Labute approximate surface area is 98.2 Å². The van der Waals surface area contributed by atoms with Crippen LogP contribution in [-0.2, 0) is 4.74 Å². The number of hydrogen-bond donors (Lipinski definition) is 0. The van der Waals surface area contributed by atoms with Gasteiger partial charge in [0.25, 0.3) is 0 Å². The van der Waals surface area contributed by atoms with Crippen molar-refractivity contribution in [3.05, 3.63) is 47.1 Å². The molecule has 0 saturated heterocycles. The molecule has 0 aliphatic heterocycles. The zero-order chi connectivity index (χ0) is 11.2. The minimum atomic E-state index is 0.751. The maximum atomic E-state index is 5.75. The Morgan fingerprint density at radius 2 is 1.94 bits per heavy atom. The molecular formula is C15H20O. The Kier molecular flexibility index (Phi) is 4.17. The molecule has 1 nitrogen and oxygen atoms in total. The van der Waals surface area contributed by atoms with Crippen molar-refractivity contribution in [2.45, 2.75) is 32.6 Å². The first kappa shape index (κ1) is 11.4. The van der Waals surface area contributed by atoms with Crippen LogP contribution in [0.15, 0.2) is 47.1 Å². The Hall–Kier alpha value is -1.08. The number of allylic oxidation sites excluding steroid dienone is 4. The van der Waals surface area contributed by atoms with E-state index >= 15 is 0 Å². The molecule has 2 aliphatic carbocycles. The van der Waals surface area contributed by atoms with Gasteiger partial charge in [-0.25, -0.2) is 0 Å². The van der Waals surface area contributed by atoms with E-state index in [1.54, 1.807) is 0 Å². The Bertz CT molecular complexity index is 356. The molecule has 0 amide bonds. The van der Waals surface area contributed by atoms with E-state index in [2.05, 4.69) is 37.3 Å². The Morgan fingerprint density at radius 1 is 1.06 bits per heavy atom. The third-order valence-electron chi connectivity index (χ3n) is 3.15. The molecule has 0 spiro atoms. The molecule has 0 aromatic carbocycles. The molecule has 0 atom stereocenters. The van der Waals surface area contributed by atoms with Gasteiger partial charge in [-0.15, -0.1) is 0 Å². The maximum absolute atomic E-state index is 5.75. The van der Waals surface area contributed by atoms with E-state index in [-0.39, 0.29) is 0 Å². The summed E-state index contributed by atoms with van der Waals surface area (Å²) >= 11 is 0. The van der Waals surface area contributed by atoms with Crippen LogP contribution < -0.4 is 0 Å². The van der Waals surface area contributed by atoms with E-state index in [0.29, 0.717) is 0 Å². The Balaban J connectivity index is 1.77. The molecule has 0 unspecified atom stereocenters. The summed E-state index contributed by atoms with van der Waals surface area (Å²) in [7, 11) is 0. The molecular weight excluding hydrogens is 196 g/mol. The van der Waals surface area contributed by atoms with Gasteiger partial charge in [0.05, 0.1) is 13.2 Å². The first-order chi connectivity index (χ1) is 7.86. The number of ether oxygens (including phenoxy) is 1. The lowest BCUT2D eigenvalue weighted by atomic mass is 10.00. The monoisotopic (exact) mass is 216 g/mol. The van der Waals surface area contributed by atoms with Crippen LogP contribution in [-0.4, -0.2) is 13.2 Å². The standard InChI is InChI=1S/C15H20O/c1-13-7-5-6-10-15(13)12-16-11-14-8-3-2-4-9-14/h3,6,8-10H,2,4-5,7,11-12H2,1H3. The van der Waals surface area contributed by atoms with Gasteiger partial charge in [0.2, 0.25) is 0 Å². The van der Waals surface area contributed by atoms with Crippen molar-refractivity contribution in [1.82, 2.24) is 0 Å². The van der Waals surface area contributed by atoms with E-state index in [9.17, 15) is 0 Å². The fourth-order valence-electron chi connectivity index (χ4n) is 2.05. The highest BCUT2D eigenvalue weighted by Gasteiger charge is 2.04. The summed E-state index contributed by atoms with van der Waals surface area (Å²) in [4.78, 5) is 0. The van der Waals surface area contributed by atoms with Crippen molar-refractivity contribution in [2.75, 3.05) is 13.2 Å². The molecule has 0 N–H and O–H groups in total. The largest absolute Gasteiger partial charge is 0.372 e. The molecule has 86 valence electrons. The average Bonchev–Trinajstić information content (AvgIpc) is 2.33. The smallest absolute Gasteiger partial charge is 0.0720 e.